The quantitative estimate of drug-likeness (QED) is 0.749. The standard InChI is InChI=1S/C12H18ClNO3S/c1-2-9-17-10-3-8-14-18(15,16)12-6-4-11(13)5-7-12/h4-7,14H,2-3,8-10H2,1H3. The molecule has 18 heavy (non-hydrogen) atoms. The van der Waals surface area contributed by atoms with E-state index < -0.39 is 10.0 Å². The highest BCUT2D eigenvalue weighted by atomic mass is 35.5. The summed E-state index contributed by atoms with van der Waals surface area (Å²) in [5.41, 5.74) is 0. The normalized spacial score (nSPS) is 11.7. The van der Waals surface area contributed by atoms with E-state index in [9.17, 15) is 8.42 Å². The Hall–Kier alpha value is -0.620. The maximum Gasteiger partial charge on any atom is 0.240 e. The van der Waals surface area contributed by atoms with Crippen LogP contribution in [0.25, 0.3) is 0 Å². The van der Waals surface area contributed by atoms with E-state index in [1.165, 1.54) is 12.1 Å². The molecule has 6 heteroatoms. The van der Waals surface area contributed by atoms with Crippen LogP contribution in [0.15, 0.2) is 29.2 Å². The monoisotopic (exact) mass is 291 g/mol. The lowest BCUT2D eigenvalue weighted by Gasteiger charge is -2.07. The highest BCUT2D eigenvalue weighted by Gasteiger charge is 2.12. The van der Waals surface area contributed by atoms with E-state index >= 15 is 0 Å². The Balaban J connectivity index is 2.38. The van der Waals surface area contributed by atoms with E-state index in [1.54, 1.807) is 12.1 Å². The van der Waals surface area contributed by atoms with Gasteiger partial charge in [-0.1, -0.05) is 18.5 Å². The second-order valence-electron chi connectivity index (χ2n) is 3.82. The van der Waals surface area contributed by atoms with E-state index in [1.807, 2.05) is 6.92 Å². The minimum atomic E-state index is -3.43. The zero-order valence-corrected chi connectivity index (χ0v) is 11.9. The van der Waals surface area contributed by atoms with Gasteiger partial charge in [0.2, 0.25) is 10.0 Å². The number of rotatable bonds is 8. The fourth-order valence-electron chi connectivity index (χ4n) is 1.32. The molecule has 0 fully saturated rings. The smallest absolute Gasteiger partial charge is 0.240 e. The molecule has 4 nitrogen and oxygen atoms in total. The van der Waals surface area contributed by atoms with Gasteiger partial charge in [-0.05, 0) is 37.1 Å². The van der Waals surface area contributed by atoms with Crippen LogP contribution in [0.3, 0.4) is 0 Å². The van der Waals surface area contributed by atoms with Crippen LogP contribution in [0.1, 0.15) is 19.8 Å². The van der Waals surface area contributed by atoms with Crippen molar-refractivity contribution in [2.75, 3.05) is 19.8 Å². The van der Waals surface area contributed by atoms with Gasteiger partial charge in [0.1, 0.15) is 0 Å². The molecule has 0 atom stereocenters. The molecule has 0 amide bonds. The third-order valence-corrected chi connectivity index (χ3v) is 3.96. The Morgan fingerprint density at radius 3 is 2.50 bits per heavy atom. The maximum absolute atomic E-state index is 11.8. The van der Waals surface area contributed by atoms with Crippen LogP contribution in [0.5, 0.6) is 0 Å². The van der Waals surface area contributed by atoms with Crippen molar-refractivity contribution in [3.05, 3.63) is 29.3 Å². The molecular formula is C12H18ClNO3S. The molecule has 0 saturated heterocycles. The van der Waals surface area contributed by atoms with E-state index in [0.29, 0.717) is 31.2 Å². The lowest BCUT2D eigenvalue weighted by Crippen LogP contribution is -2.25. The van der Waals surface area contributed by atoms with Gasteiger partial charge in [0.15, 0.2) is 0 Å². The highest BCUT2D eigenvalue weighted by molar-refractivity contribution is 7.89. The summed E-state index contributed by atoms with van der Waals surface area (Å²) in [4.78, 5) is 0.223. The molecule has 0 unspecified atom stereocenters. The molecule has 1 rings (SSSR count). The molecule has 0 saturated carbocycles. The van der Waals surface area contributed by atoms with Gasteiger partial charge >= 0.3 is 0 Å². The Kier molecular flexibility index (Phi) is 6.63. The van der Waals surface area contributed by atoms with E-state index in [2.05, 4.69) is 4.72 Å². The zero-order chi connectivity index (χ0) is 13.4. The van der Waals surface area contributed by atoms with Crippen LogP contribution in [-0.2, 0) is 14.8 Å². The summed E-state index contributed by atoms with van der Waals surface area (Å²) in [7, 11) is -3.43. The summed E-state index contributed by atoms with van der Waals surface area (Å²) in [5.74, 6) is 0. The molecule has 0 heterocycles. The number of sulfonamides is 1. The van der Waals surface area contributed by atoms with Gasteiger partial charge in [-0.25, -0.2) is 13.1 Å². The summed E-state index contributed by atoms with van der Waals surface area (Å²) in [5, 5.41) is 0.516. The summed E-state index contributed by atoms with van der Waals surface area (Å²) in [6.07, 6.45) is 1.63. The van der Waals surface area contributed by atoms with Crippen molar-refractivity contribution >= 4 is 21.6 Å². The summed E-state index contributed by atoms with van der Waals surface area (Å²) in [6.45, 7) is 3.68. The van der Waals surface area contributed by atoms with E-state index in [4.69, 9.17) is 16.3 Å². The average Bonchev–Trinajstić information content (AvgIpc) is 2.34. The molecule has 0 spiro atoms. The molecule has 0 aliphatic heterocycles. The molecule has 0 aromatic heterocycles. The lowest BCUT2D eigenvalue weighted by molar-refractivity contribution is 0.133. The Bertz CT molecular complexity index is 445. The summed E-state index contributed by atoms with van der Waals surface area (Å²) < 4.78 is 31.5. The SMILES string of the molecule is CCCOCCCNS(=O)(=O)c1ccc(Cl)cc1. The number of benzene rings is 1. The third kappa shape index (κ3) is 5.35. The van der Waals surface area contributed by atoms with Gasteiger partial charge in [-0.15, -0.1) is 0 Å². The Morgan fingerprint density at radius 1 is 1.22 bits per heavy atom. The van der Waals surface area contributed by atoms with Crippen molar-refractivity contribution in [1.29, 1.82) is 0 Å². The highest BCUT2D eigenvalue weighted by Crippen LogP contribution is 2.13. The van der Waals surface area contributed by atoms with Gasteiger partial charge in [-0.3, -0.25) is 0 Å². The first-order chi connectivity index (χ1) is 8.56. The van der Waals surface area contributed by atoms with Crippen LogP contribution in [0, 0.1) is 0 Å². The minimum Gasteiger partial charge on any atom is -0.381 e. The topological polar surface area (TPSA) is 55.4 Å². The number of nitrogens with one attached hydrogen (secondary N) is 1. The van der Waals surface area contributed by atoms with E-state index in [0.717, 1.165) is 6.42 Å². The molecule has 0 aliphatic rings. The van der Waals surface area contributed by atoms with Crippen molar-refractivity contribution in [2.45, 2.75) is 24.7 Å². The second kappa shape index (κ2) is 7.74. The number of halogens is 1. The first-order valence-electron chi connectivity index (χ1n) is 5.89. The summed E-state index contributed by atoms with van der Waals surface area (Å²) in [6, 6.07) is 6.08. The largest absolute Gasteiger partial charge is 0.381 e. The molecule has 0 radical (unpaired) electrons. The fourth-order valence-corrected chi connectivity index (χ4v) is 2.52. The molecule has 0 bridgehead atoms. The van der Waals surface area contributed by atoms with E-state index in [-0.39, 0.29) is 4.90 Å². The summed E-state index contributed by atoms with van der Waals surface area (Å²) >= 11 is 5.71. The van der Waals surface area contributed by atoms with Crippen LogP contribution in [0.2, 0.25) is 5.02 Å². The van der Waals surface area contributed by atoms with Gasteiger partial charge in [0.25, 0.3) is 0 Å². The van der Waals surface area contributed by atoms with Crippen LogP contribution in [0.4, 0.5) is 0 Å². The number of hydrogen-bond donors (Lipinski definition) is 1. The molecule has 1 aromatic rings. The fraction of sp³-hybridized carbons (Fsp3) is 0.500. The van der Waals surface area contributed by atoms with Crippen molar-refractivity contribution in [3.8, 4) is 0 Å². The first-order valence-corrected chi connectivity index (χ1v) is 7.75. The molecule has 0 aliphatic carbocycles. The first kappa shape index (κ1) is 15.4. The van der Waals surface area contributed by atoms with Gasteiger partial charge in [0, 0.05) is 24.8 Å². The van der Waals surface area contributed by atoms with Crippen LogP contribution < -0.4 is 4.72 Å². The maximum atomic E-state index is 11.8. The van der Waals surface area contributed by atoms with Crippen LogP contribution >= 0.6 is 11.6 Å². The second-order valence-corrected chi connectivity index (χ2v) is 6.02. The predicted molar refractivity (Wildman–Crippen MR) is 72.4 cm³/mol. The van der Waals surface area contributed by atoms with Gasteiger partial charge in [0.05, 0.1) is 4.90 Å². The molecule has 1 N–H and O–H groups in total. The van der Waals surface area contributed by atoms with Gasteiger partial charge in [-0.2, -0.15) is 0 Å². The van der Waals surface area contributed by atoms with Gasteiger partial charge < -0.3 is 4.74 Å². The zero-order valence-electron chi connectivity index (χ0n) is 10.4. The number of ether oxygens (including phenoxy) is 1. The average molecular weight is 292 g/mol. The minimum absolute atomic E-state index is 0.223. The molecule has 1 aromatic carbocycles. The molecule has 102 valence electrons. The lowest BCUT2D eigenvalue weighted by atomic mass is 10.4. The van der Waals surface area contributed by atoms with Crippen molar-refractivity contribution in [1.82, 2.24) is 4.72 Å². The Labute approximate surface area is 113 Å². The van der Waals surface area contributed by atoms with Crippen molar-refractivity contribution in [2.24, 2.45) is 0 Å². The predicted octanol–water partition coefficient (Wildman–Crippen LogP) is 2.44. The third-order valence-electron chi connectivity index (χ3n) is 2.23. The molecular weight excluding hydrogens is 274 g/mol. The van der Waals surface area contributed by atoms with Crippen LogP contribution in [-0.4, -0.2) is 28.2 Å². The van der Waals surface area contributed by atoms with Crippen molar-refractivity contribution < 1.29 is 13.2 Å². The van der Waals surface area contributed by atoms with Crippen molar-refractivity contribution in [3.63, 3.8) is 0 Å². The number of hydrogen-bond acceptors (Lipinski definition) is 3. The Morgan fingerprint density at radius 2 is 1.89 bits per heavy atom.